The molecule has 0 bridgehead atoms. The highest BCUT2D eigenvalue weighted by Gasteiger charge is 2.10. The van der Waals surface area contributed by atoms with Crippen LogP contribution < -0.4 is 26.8 Å². The van der Waals surface area contributed by atoms with Gasteiger partial charge in [0.05, 0.1) is 4.90 Å². The van der Waals surface area contributed by atoms with Crippen molar-refractivity contribution in [2.24, 2.45) is 10.9 Å². The highest BCUT2D eigenvalue weighted by molar-refractivity contribution is 7.89. The molecule has 0 aliphatic rings. The molecule has 0 saturated carbocycles. The number of aromatic nitrogens is 3. The number of primary sulfonamides is 1. The first-order valence-corrected chi connectivity index (χ1v) is 11.5. The Hall–Kier alpha value is -3.35. The minimum atomic E-state index is -3.79. The molecule has 12 heteroatoms. The van der Waals surface area contributed by atoms with Crippen LogP contribution in [-0.2, 0) is 10.0 Å². The molecule has 1 aromatic heterocycles. The van der Waals surface area contributed by atoms with E-state index in [0.29, 0.717) is 30.4 Å². The van der Waals surface area contributed by atoms with E-state index in [0.717, 1.165) is 19.3 Å². The Kier molecular flexibility index (Phi) is 7.87. The van der Waals surface area contributed by atoms with Crippen molar-refractivity contribution in [3.8, 4) is 0 Å². The van der Waals surface area contributed by atoms with Crippen LogP contribution in [0.4, 0.5) is 33.6 Å². The van der Waals surface area contributed by atoms with Gasteiger partial charge in [0.1, 0.15) is 5.82 Å². The SMILES string of the molecule is NCCCCCNc1nc(Nc2ccc(S(N)(=O)=O)cc2)nc(Nc2cccc(F)c2)n1. The first-order chi connectivity index (χ1) is 15.3. The second-order valence-corrected chi connectivity index (χ2v) is 8.47. The fraction of sp³-hybridized carbons (Fsp3) is 0.250. The summed E-state index contributed by atoms with van der Waals surface area (Å²) in [5.74, 6) is 0.358. The quantitative estimate of drug-likeness (QED) is 0.271. The molecule has 0 atom stereocenters. The van der Waals surface area contributed by atoms with Crippen molar-refractivity contribution in [2.45, 2.75) is 24.2 Å². The molecule has 0 spiro atoms. The molecular weight excluding hydrogens is 435 g/mol. The smallest absolute Gasteiger partial charge is 0.238 e. The number of hydrogen-bond acceptors (Lipinski definition) is 9. The molecule has 0 fully saturated rings. The van der Waals surface area contributed by atoms with Gasteiger partial charge in [0.25, 0.3) is 0 Å². The summed E-state index contributed by atoms with van der Waals surface area (Å²) < 4.78 is 36.4. The average Bonchev–Trinajstić information content (AvgIpc) is 2.73. The molecule has 170 valence electrons. The van der Waals surface area contributed by atoms with Gasteiger partial charge in [-0.25, -0.2) is 17.9 Å². The molecule has 7 N–H and O–H groups in total. The fourth-order valence-electron chi connectivity index (χ4n) is 2.77. The molecule has 3 aromatic rings. The molecule has 0 aliphatic carbocycles. The van der Waals surface area contributed by atoms with E-state index < -0.39 is 15.8 Å². The van der Waals surface area contributed by atoms with Crippen molar-refractivity contribution < 1.29 is 12.8 Å². The van der Waals surface area contributed by atoms with Gasteiger partial charge in [-0.15, -0.1) is 0 Å². The van der Waals surface area contributed by atoms with E-state index in [1.807, 2.05) is 0 Å². The van der Waals surface area contributed by atoms with Crippen LogP contribution in [0.3, 0.4) is 0 Å². The van der Waals surface area contributed by atoms with Crippen LogP contribution in [0, 0.1) is 5.82 Å². The summed E-state index contributed by atoms with van der Waals surface area (Å²) in [5, 5.41) is 14.2. The van der Waals surface area contributed by atoms with E-state index in [4.69, 9.17) is 10.9 Å². The van der Waals surface area contributed by atoms with Crippen LogP contribution in [0.2, 0.25) is 0 Å². The van der Waals surface area contributed by atoms with Crippen molar-refractivity contribution >= 4 is 39.2 Å². The molecule has 32 heavy (non-hydrogen) atoms. The van der Waals surface area contributed by atoms with Crippen molar-refractivity contribution in [1.29, 1.82) is 0 Å². The zero-order chi connectivity index (χ0) is 23.0. The Labute approximate surface area is 185 Å². The second-order valence-electron chi connectivity index (χ2n) is 6.91. The van der Waals surface area contributed by atoms with E-state index in [1.165, 1.54) is 24.3 Å². The Balaban J connectivity index is 1.80. The average molecular weight is 461 g/mol. The minimum absolute atomic E-state index is 0.00742. The standard InChI is InChI=1S/C20H25FN8O2S/c21-14-5-4-6-16(13-14)26-20-28-18(24-12-3-1-2-11-22)27-19(29-20)25-15-7-9-17(10-8-15)32(23,30)31/h4-10,13H,1-3,11-12,22H2,(H2,23,30,31)(H3,24,25,26,27,28,29). The monoisotopic (exact) mass is 460 g/mol. The van der Waals surface area contributed by atoms with E-state index in [-0.39, 0.29) is 16.8 Å². The lowest BCUT2D eigenvalue weighted by molar-refractivity contribution is 0.598. The van der Waals surface area contributed by atoms with Gasteiger partial charge in [-0.1, -0.05) is 12.5 Å². The predicted octanol–water partition coefficient (Wildman–Crippen LogP) is 2.69. The van der Waals surface area contributed by atoms with Gasteiger partial charge >= 0.3 is 0 Å². The number of rotatable bonds is 11. The van der Waals surface area contributed by atoms with Crippen molar-refractivity contribution in [1.82, 2.24) is 15.0 Å². The predicted molar refractivity (Wildman–Crippen MR) is 122 cm³/mol. The lowest BCUT2D eigenvalue weighted by Gasteiger charge is -2.12. The van der Waals surface area contributed by atoms with Gasteiger partial charge in [-0.2, -0.15) is 15.0 Å². The van der Waals surface area contributed by atoms with E-state index >= 15 is 0 Å². The number of halogens is 1. The summed E-state index contributed by atoms with van der Waals surface area (Å²) in [4.78, 5) is 13.0. The van der Waals surface area contributed by atoms with Crippen molar-refractivity contribution in [3.05, 3.63) is 54.3 Å². The van der Waals surface area contributed by atoms with Crippen LogP contribution in [0.25, 0.3) is 0 Å². The summed E-state index contributed by atoms with van der Waals surface area (Å²) in [7, 11) is -3.79. The normalized spacial score (nSPS) is 11.2. The zero-order valence-corrected chi connectivity index (χ0v) is 18.1. The lowest BCUT2D eigenvalue weighted by atomic mass is 10.2. The van der Waals surface area contributed by atoms with Crippen LogP contribution in [0.5, 0.6) is 0 Å². The van der Waals surface area contributed by atoms with Gasteiger partial charge in [0.2, 0.25) is 27.9 Å². The third-order valence-corrected chi connectivity index (χ3v) is 5.25. The molecule has 10 nitrogen and oxygen atoms in total. The molecule has 0 saturated heterocycles. The van der Waals surface area contributed by atoms with E-state index in [2.05, 4.69) is 30.9 Å². The number of sulfonamides is 1. The summed E-state index contributed by atoms with van der Waals surface area (Å²) in [6, 6.07) is 11.8. The highest BCUT2D eigenvalue weighted by Crippen LogP contribution is 2.20. The molecule has 0 radical (unpaired) electrons. The van der Waals surface area contributed by atoms with Gasteiger partial charge in [-0.05, 0) is 61.9 Å². The largest absolute Gasteiger partial charge is 0.354 e. The number of nitrogens with zero attached hydrogens (tertiary/aromatic N) is 3. The zero-order valence-electron chi connectivity index (χ0n) is 17.3. The Morgan fingerprint density at radius 3 is 2.12 bits per heavy atom. The third kappa shape index (κ3) is 7.11. The molecule has 0 amide bonds. The first kappa shape index (κ1) is 23.3. The van der Waals surface area contributed by atoms with Crippen molar-refractivity contribution in [2.75, 3.05) is 29.0 Å². The van der Waals surface area contributed by atoms with Gasteiger partial charge < -0.3 is 21.7 Å². The van der Waals surface area contributed by atoms with Crippen LogP contribution in [0.1, 0.15) is 19.3 Å². The Bertz CT molecular complexity index is 1140. The van der Waals surface area contributed by atoms with Gasteiger partial charge in [0.15, 0.2) is 0 Å². The third-order valence-electron chi connectivity index (χ3n) is 4.32. The summed E-state index contributed by atoms with van der Waals surface area (Å²) >= 11 is 0. The molecular formula is C20H25FN8O2S. The topological polar surface area (TPSA) is 161 Å². The van der Waals surface area contributed by atoms with Crippen LogP contribution in [0.15, 0.2) is 53.4 Å². The number of nitrogens with one attached hydrogen (secondary N) is 3. The lowest BCUT2D eigenvalue weighted by Crippen LogP contribution is -2.12. The number of nitrogens with two attached hydrogens (primary N) is 2. The minimum Gasteiger partial charge on any atom is -0.354 e. The summed E-state index contributed by atoms with van der Waals surface area (Å²) in [5.41, 5.74) is 6.55. The first-order valence-electron chi connectivity index (χ1n) is 9.96. The van der Waals surface area contributed by atoms with E-state index in [9.17, 15) is 12.8 Å². The Morgan fingerprint density at radius 1 is 0.844 bits per heavy atom. The molecule has 1 heterocycles. The van der Waals surface area contributed by atoms with E-state index in [1.54, 1.807) is 24.3 Å². The molecule has 0 unspecified atom stereocenters. The summed E-state index contributed by atoms with van der Waals surface area (Å²) in [6.07, 6.45) is 2.81. The maximum atomic E-state index is 13.5. The number of benzene rings is 2. The highest BCUT2D eigenvalue weighted by atomic mass is 32.2. The number of hydrogen-bond donors (Lipinski definition) is 5. The molecule has 0 aliphatic heterocycles. The maximum absolute atomic E-state index is 13.5. The number of anilines is 5. The van der Waals surface area contributed by atoms with Crippen molar-refractivity contribution in [3.63, 3.8) is 0 Å². The second kappa shape index (κ2) is 10.8. The fourth-order valence-corrected chi connectivity index (χ4v) is 3.28. The maximum Gasteiger partial charge on any atom is 0.238 e. The molecule has 3 rings (SSSR count). The van der Waals surface area contributed by atoms with Gasteiger partial charge in [0, 0.05) is 17.9 Å². The van der Waals surface area contributed by atoms with Gasteiger partial charge in [-0.3, -0.25) is 0 Å². The summed E-state index contributed by atoms with van der Waals surface area (Å²) in [6.45, 7) is 1.29. The van der Waals surface area contributed by atoms with Crippen LogP contribution >= 0.6 is 0 Å². The van der Waals surface area contributed by atoms with Crippen LogP contribution in [-0.4, -0.2) is 36.5 Å². The molecule has 2 aromatic carbocycles. The number of unbranched alkanes of at least 4 members (excludes halogenated alkanes) is 2. The Morgan fingerprint density at radius 2 is 1.50 bits per heavy atom.